The Morgan fingerprint density at radius 1 is 0.964 bits per heavy atom. The number of carbonyl (C=O) groups excluding carboxylic acids is 1. The second kappa shape index (κ2) is 6.51. The molecule has 8 heteroatoms. The Balaban J connectivity index is 1.46. The Kier molecular flexibility index (Phi) is 3.72. The van der Waals surface area contributed by atoms with Crippen LogP contribution in [0.1, 0.15) is 10.4 Å². The fraction of sp³-hybridized carbons (Fsp3) is 0. The zero-order valence-corrected chi connectivity index (χ0v) is 14.6. The van der Waals surface area contributed by atoms with Crippen molar-refractivity contribution in [1.82, 2.24) is 24.9 Å². The molecule has 0 spiro atoms. The maximum Gasteiger partial charge on any atom is 0.260 e. The van der Waals surface area contributed by atoms with Crippen LogP contribution in [-0.2, 0) is 0 Å². The number of hydrogen-bond donors (Lipinski definition) is 4. The second-order valence-corrected chi connectivity index (χ2v) is 6.22. The van der Waals surface area contributed by atoms with Gasteiger partial charge in [0.1, 0.15) is 5.82 Å². The zero-order chi connectivity index (χ0) is 18.9. The number of hydrogen-bond acceptors (Lipinski definition) is 5. The van der Waals surface area contributed by atoms with E-state index in [1.807, 2.05) is 42.6 Å². The summed E-state index contributed by atoms with van der Waals surface area (Å²) < 4.78 is 0. The molecule has 0 bridgehead atoms. The van der Waals surface area contributed by atoms with Crippen molar-refractivity contribution in [2.24, 2.45) is 0 Å². The molecule has 2 aromatic carbocycles. The van der Waals surface area contributed by atoms with Crippen LogP contribution in [0.2, 0.25) is 0 Å². The van der Waals surface area contributed by atoms with E-state index in [9.17, 15) is 4.79 Å². The molecule has 28 heavy (non-hydrogen) atoms. The molecule has 3 heterocycles. The van der Waals surface area contributed by atoms with Crippen molar-refractivity contribution >= 4 is 45.4 Å². The number of aromatic nitrogens is 5. The first-order chi connectivity index (χ1) is 13.8. The summed E-state index contributed by atoms with van der Waals surface area (Å²) in [6.07, 6.45) is 5.03. The highest BCUT2D eigenvalue weighted by Crippen LogP contribution is 2.23. The van der Waals surface area contributed by atoms with Gasteiger partial charge in [0, 0.05) is 24.0 Å². The van der Waals surface area contributed by atoms with Crippen LogP contribution in [0, 0.1) is 0 Å². The SMILES string of the molecule is O=C(Nc1ncc[nH]1)c1cccc2nc(Nc3cc4ccccc4cn3)[nH]c12. The van der Waals surface area contributed by atoms with Crippen LogP contribution >= 0.6 is 0 Å². The molecule has 0 unspecified atom stereocenters. The summed E-state index contributed by atoms with van der Waals surface area (Å²) >= 11 is 0. The summed E-state index contributed by atoms with van der Waals surface area (Å²) in [5, 5.41) is 8.04. The van der Waals surface area contributed by atoms with E-state index in [0.29, 0.717) is 34.3 Å². The van der Waals surface area contributed by atoms with E-state index >= 15 is 0 Å². The number of para-hydroxylation sites is 1. The molecule has 0 saturated carbocycles. The first-order valence-corrected chi connectivity index (χ1v) is 8.67. The monoisotopic (exact) mass is 369 g/mol. The number of imidazole rings is 2. The molecule has 3 aromatic heterocycles. The van der Waals surface area contributed by atoms with Gasteiger partial charge in [0.2, 0.25) is 11.9 Å². The first kappa shape index (κ1) is 16.0. The van der Waals surface area contributed by atoms with Gasteiger partial charge in [0.25, 0.3) is 5.91 Å². The summed E-state index contributed by atoms with van der Waals surface area (Å²) in [6, 6.07) is 15.3. The number of nitrogens with zero attached hydrogens (tertiary/aromatic N) is 3. The molecule has 0 aliphatic rings. The number of pyridine rings is 1. The lowest BCUT2D eigenvalue weighted by Crippen LogP contribution is -2.13. The standard InChI is InChI=1S/C20H15N7O/c28-18(27-19-21-8-9-22-19)14-6-3-7-15-17(14)26-20(24-15)25-16-10-12-4-1-2-5-13(12)11-23-16/h1-11H,(H2,21,22,27,28)(H2,23,24,25,26). The average Bonchev–Trinajstić information content (AvgIpc) is 3.36. The van der Waals surface area contributed by atoms with Crippen molar-refractivity contribution < 1.29 is 4.79 Å². The molecule has 5 rings (SSSR count). The summed E-state index contributed by atoms with van der Waals surface area (Å²) in [5.41, 5.74) is 1.78. The molecule has 8 nitrogen and oxygen atoms in total. The van der Waals surface area contributed by atoms with E-state index in [1.54, 1.807) is 24.5 Å². The van der Waals surface area contributed by atoms with Gasteiger partial charge in [-0.2, -0.15) is 0 Å². The van der Waals surface area contributed by atoms with Crippen molar-refractivity contribution in [2.45, 2.75) is 0 Å². The number of nitrogens with one attached hydrogen (secondary N) is 4. The minimum Gasteiger partial charge on any atom is -0.331 e. The van der Waals surface area contributed by atoms with Crippen LogP contribution in [0.5, 0.6) is 0 Å². The van der Waals surface area contributed by atoms with Crippen LogP contribution in [0.3, 0.4) is 0 Å². The molecule has 136 valence electrons. The number of carbonyl (C=O) groups is 1. The van der Waals surface area contributed by atoms with E-state index in [4.69, 9.17) is 0 Å². The van der Waals surface area contributed by atoms with Gasteiger partial charge in [-0.25, -0.2) is 15.0 Å². The van der Waals surface area contributed by atoms with Crippen LogP contribution in [-0.4, -0.2) is 30.8 Å². The Labute approximate surface area is 159 Å². The molecule has 4 N–H and O–H groups in total. The number of H-pyrrole nitrogens is 2. The molecule has 0 aliphatic carbocycles. The van der Waals surface area contributed by atoms with Crippen LogP contribution < -0.4 is 10.6 Å². The zero-order valence-electron chi connectivity index (χ0n) is 14.6. The summed E-state index contributed by atoms with van der Waals surface area (Å²) in [4.78, 5) is 31.6. The fourth-order valence-corrected chi connectivity index (χ4v) is 3.06. The summed E-state index contributed by atoms with van der Waals surface area (Å²) in [5.74, 6) is 1.29. The number of benzene rings is 2. The molecule has 0 fully saturated rings. The van der Waals surface area contributed by atoms with Crippen LogP contribution in [0.25, 0.3) is 21.8 Å². The number of anilines is 3. The maximum atomic E-state index is 12.6. The highest BCUT2D eigenvalue weighted by atomic mass is 16.1. The van der Waals surface area contributed by atoms with Gasteiger partial charge in [-0.05, 0) is 23.6 Å². The highest BCUT2D eigenvalue weighted by molar-refractivity contribution is 6.11. The Morgan fingerprint density at radius 3 is 2.71 bits per heavy atom. The van der Waals surface area contributed by atoms with E-state index in [1.165, 1.54) is 0 Å². The topological polar surface area (TPSA) is 111 Å². The Hall–Kier alpha value is -4.20. The Bertz CT molecular complexity index is 1290. The highest BCUT2D eigenvalue weighted by Gasteiger charge is 2.14. The number of rotatable bonds is 4. The summed E-state index contributed by atoms with van der Waals surface area (Å²) in [7, 11) is 0. The van der Waals surface area contributed by atoms with E-state index in [-0.39, 0.29) is 5.91 Å². The fourth-order valence-electron chi connectivity index (χ4n) is 3.06. The molecule has 0 aliphatic heterocycles. The van der Waals surface area contributed by atoms with Gasteiger partial charge >= 0.3 is 0 Å². The molecule has 5 aromatic rings. The molecule has 0 saturated heterocycles. The quantitative estimate of drug-likeness (QED) is 0.385. The first-order valence-electron chi connectivity index (χ1n) is 8.67. The van der Waals surface area contributed by atoms with Gasteiger partial charge in [-0.1, -0.05) is 30.3 Å². The molecular weight excluding hydrogens is 354 g/mol. The van der Waals surface area contributed by atoms with Crippen molar-refractivity contribution in [3.05, 3.63) is 72.7 Å². The predicted molar refractivity (Wildman–Crippen MR) is 108 cm³/mol. The van der Waals surface area contributed by atoms with Crippen molar-refractivity contribution in [3.8, 4) is 0 Å². The number of fused-ring (bicyclic) bond motifs is 2. The summed E-state index contributed by atoms with van der Waals surface area (Å²) in [6.45, 7) is 0. The van der Waals surface area contributed by atoms with Gasteiger partial charge in [0.05, 0.1) is 16.6 Å². The Morgan fingerprint density at radius 2 is 1.86 bits per heavy atom. The molecular formula is C20H15N7O. The van der Waals surface area contributed by atoms with Gasteiger partial charge in [0.15, 0.2) is 0 Å². The van der Waals surface area contributed by atoms with Crippen LogP contribution in [0.15, 0.2) is 67.1 Å². The largest absolute Gasteiger partial charge is 0.331 e. The molecule has 0 atom stereocenters. The van der Waals surface area contributed by atoms with Gasteiger partial charge in [-0.3, -0.25) is 10.1 Å². The van der Waals surface area contributed by atoms with E-state index in [2.05, 4.69) is 35.6 Å². The lowest BCUT2D eigenvalue weighted by molar-refractivity contribution is 0.102. The predicted octanol–water partition coefficient (Wildman–Crippen LogP) is 3.83. The lowest BCUT2D eigenvalue weighted by Gasteiger charge is -2.04. The minimum absolute atomic E-state index is 0.278. The van der Waals surface area contributed by atoms with Gasteiger partial charge in [-0.15, -0.1) is 0 Å². The molecule has 1 amide bonds. The second-order valence-electron chi connectivity index (χ2n) is 6.22. The third-order valence-corrected chi connectivity index (χ3v) is 4.37. The van der Waals surface area contributed by atoms with E-state index < -0.39 is 0 Å². The van der Waals surface area contributed by atoms with Crippen molar-refractivity contribution in [3.63, 3.8) is 0 Å². The van der Waals surface area contributed by atoms with E-state index in [0.717, 1.165) is 10.8 Å². The lowest BCUT2D eigenvalue weighted by atomic mass is 10.2. The number of amides is 1. The minimum atomic E-state index is -0.278. The smallest absolute Gasteiger partial charge is 0.260 e. The average molecular weight is 369 g/mol. The van der Waals surface area contributed by atoms with Crippen molar-refractivity contribution in [2.75, 3.05) is 10.6 Å². The molecule has 0 radical (unpaired) electrons. The maximum absolute atomic E-state index is 12.6. The third-order valence-electron chi connectivity index (χ3n) is 4.37. The number of aromatic amines is 2. The van der Waals surface area contributed by atoms with Gasteiger partial charge < -0.3 is 15.3 Å². The van der Waals surface area contributed by atoms with Crippen LogP contribution in [0.4, 0.5) is 17.7 Å². The van der Waals surface area contributed by atoms with Crippen molar-refractivity contribution in [1.29, 1.82) is 0 Å². The third kappa shape index (κ3) is 2.92. The normalized spacial score (nSPS) is 11.0.